The van der Waals surface area contributed by atoms with Gasteiger partial charge in [-0.3, -0.25) is 14.5 Å². The number of nitrogens with zero attached hydrogens (tertiary/aromatic N) is 1. The van der Waals surface area contributed by atoms with Crippen LogP contribution >= 0.6 is 11.6 Å². The number of ketones is 1. The lowest BCUT2D eigenvalue weighted by molar-refractivity contribution is -0.132. The molecule has 0 saturated carbocycles. The average Bonchev–Trinajstić information content (AvgIpc) is 3.06. The Kier molecular flexibility index (Phi) is 5.82. The summed E-state index contributed by atoms with van der Waals surface area (Å²) in [5, 5.41) is 21.9. The van der Waals surface area contributed by atoms with Crippen molar-refractivity contribution in [2.45, 2.75) is 13.0 Å². The second kappa shape index (κ2) is 8.60. The van der Waals surface area contributed by atoms with Gasteiger partial charge < -0.3 is 14.9 Å². The minimum atomic E-state index is -1.06. The first-order valence-electron chi connectivity index (χ1n) is 9.93. The van der Waals surface area contributed by atoms with Crippen molar-refractivity contribution >= 4 is 34.7 Å². The van der Waals surface area contributed by atoms with Crippen LogP contribution < -0.4 is 9.64 Å². The third-order valence-corrected chi connectivity index (χ3v) is 5.75. The molecular formula is C25H19ClFNO5. The third kappa shape index (κ3) is 3.91. The first-order valence-corrected chi connectivity index (χ1v) is 10.3. The Morgan fingerprint density at radius 3 is 2.36 bits per heavy atom. The summed E-state index contributed by atoms with van der Waals surface area (Å²) in [6.45, 7) is 1.53. The Hall–Kier alpha value is -3.84. The number of anilines is 1. The van der Waals surface area contributed by atoms with Crippen LogP contribution in [0.4, 0.5) is 10.1 Å². The highest BCUT2D eigenvalue weighted by atomic mass is 35.5. The molecule has 1 unspecified atom stereocenters. The number of Topliss-reactive ketones (excluding diaryl/α,β-unsaturated/α-hetero) is 1. The number of methoxy groups -OCH3 is 1. The molecule has 1 amide bonds. The van der Waals surface area contributed by atoms with Gasteiger partial charge in [-0.2, -0.15) is 0 Å². The van der Waals surface area contributed by atoms with Gasteiger partial charge in [0.15, 0.2) is 11.5 Å². The quantitative estimate of drug-likeness (QED) is 0.315. The summed E-state index contributed by atoms with van der Waals surface area (Å²) in [6, 6.07) is 13.6. The van der Waals surface area contributed by atoms with E-state index in [9.17, 15) is 24.2 Å². The number of phenolic OH excluding ortho intramolecular Hbond substituents is 1. The van der Waals surface area contributed by atoms with Crippen molar-refractivity contribution in [3.05, 3.63) is 93.8 Å². The molecule has 6 nitrogen and oxygen atoms in total. The lowest BCUT2D eigenvalue weighted by Crippen LogP contribution is -2.29. The third-order valence-electron chi connectivity index (χ3n) is 5.50. The first-order chi connectivity index (χ1) is 15.7. The number of benzene rings is 3. The van der Waals surface area contributed by atoms with E-state index in [4.69, 9.17) is 16.3 Å². The first kappa shape index (κ1) is 22.4. The lowest BCUT2D eigenvalue weighted by atomic mass is 9.94. The molecule has 8 heteroatoms. The molecule has 1 atom stereocenters. The number of aliphatic hydroxyl groups excluding tert-OH is 1. The molecule has 2 N–H and O–H groups in total. The fraction of sp³-hybridized carbons (Fsp3) is 0.120. The van der Waals surface area contributed by atoms with Crippen molar-refractivity contribution in [2.75, 3.05) is 12.0 Å². The highest BCUT2D eigenvalue weighted by Gasteiger charge is 2.47. The summed E-state index contributed by atoms with van der Waals surface area (Å²) >= 11 is 5.98. The van der Waals surface area contributed by atoms with Gasteiger partial charge in [0.2, 0.25) is 0 Å². The second-order valence-corrected chi connectivity index (χ2v) is 7.98. The van der Waals surface area contributed by atoms with E-state index >= 15 is 0 Å². The zero-order chi connectivity index (χ0) is 23.9. The predicted molar refractivity (Wildman–Crippen MR) is 122 cm³/mol. The Balaban J connectivity index is 1.96. The Morgan fingerprint density at radius 2 is 1.76 bits per heavy atom. The molecule has 3 aromatic carbocycles. The van der Waals surface area contributed by atoms with Crippen LogP contribution in [0.1, 0.15) is 22.7 Å². The number of phenols is 1. The van der Waals surface area contributed by atoms with Crippen LogP contribution in [0, 0.1) is 12.7 Å². The van der Waals surface area contributed by atoms with Crippen LogP contribution in [-0.4, -0.2) is 29.0 Å². The van der Waals surface area contributed by atoms with Gasteiger partial charge in [0.1, 0.15) is 11.6 Å². The van der Waals surface area contributed by atoms with Gasteiger partial charge in [0.05, 0.1) is 18.7 Å². The highest BCUT2D eigenvalue weighted by Crippen LogP contribution is 2.44. The number of aliphatic hydroxyl groups is 1. The van der Waals surface area contributed by atoms with Crippen molar-refractivity contribution in [3.8, 4) is 11.5 Å². The minimum absolute atomic E-state index is 0.186. The highest BCUT2D eigenvalue weighted by molar-refractivity contribution is 6.51. The number of aromatic hydroxyl groups is 1. The van der Waals surface area contributed by atoms with Gasteiger partial charge in [-0.25, -0.2) is 4.39 Å². The molecule has 0 aromatic heterocycles. The molecule has 4 rings (SSSR count). The maximum atomic E-state index is 13.8. The summed E-state index contributed by atoms with van der Waals surface area (Å²) in [5.74, 6) is -2.69. The van der Waals surface area contributed by atoms with Crippen molar-refractivity contribution < 1.29 is 28.9 Å². The number of aryl methyl sites for hydroxylation is 1. The van der Waals surface area contributed by atoms with Crippen LogP contribution in [0.3, 0.4) is 0 Å². The number of carbonyl (C=O) groups is 2. The van der Waals surface area contributed by atoms with Crippen LogP contribution in [-0.2, 0) is 9.59 Å². The van der Waals surface area contributed by atoms with Crippen LogP contribution in [0.25, 0.3) is 5.76 Å². The Morgan fingerprint density at radius 1 is 1.06 bits per heavy atom. The van der Waals surface area contributed by atoms with Crippen molar-refractivity contribution in [1.82, 2.24) is 0 Å². The maximum Gasteiger partial charge on any atom is 0.300 e. The number of carbonyl (C=O) groups excluding carboxylic acids is 2. The molecule has 0 bridgehead atoms. The molecule has 1 aliphatic rings. The van der Waals surface area contributed by atoms with E-state index in [-0.39, 0.29) is 28.2 Å². The maximum absolute atomic E-state index is 13.8. The fourth-order valence-corrected chi connectivity index (χ4v) is 3.97. The monoisotopic (exact) mass is 467 g/mol. The molecule has 1 aliphatic heterocycles. The SMILES string of the molecule is COc1ccc(C2/C(=C(/O)c3ccc(F)c(C)c3)C(=O)C(=O)N2c2ccc(Cl)cc2)cc1O. The minimum Gasteiger partial charge on any atom is -0.507 e. The van der Waals surface area contributed by atoms with Gasteiger partial charge in [-0.05, 0) is 72.6 Å². The number of hydrogen-bond donors (Lipinski definition) is 2. The molecule has 0 spiro atoms. The lowest BCUT2D eigenvalue weighted by Gasteiger charge is -2.26. The normalized spacial score (nSPS) is 17.5. The molecule has 3 aromatic rings. The van der Waals surface area contributed by atoms with E-state index in [1.54, 1.807) is 30.3 Å². The van der Waals surface area contributed by atoms with Crippen molar-refractivity contribution in [2.24, 2.45) is 0 Å². The Labute approximate surface area is 194 Å². The van der Waals surface area contributed by atoms with Gasteiger partial charge in [0.25, 0.3) is 11.7 Å². The van der Waals surface area contributed by atoms with E-state index in [0.29, 0.717) is 16.3 Å². The predicted octanol–water partition coefficient (Wildman–Crippen LogP) is 5.13. The standard InChI is InChI=1S/C25H19ClFNO5/c1-13-11-15(3-9-18(13)27)23(30)21-22(14-4-10-20(33-2)19(29)12-14)28(25(32)24(21)31)17-7-5-16(26)6-8-17/h3-12,22,29-30H,1-2H3/b23-21-. The number of rotatable bonds is 4. The molecule has 168 valence electrons. The topological polar surface area (TPSA) is 87.1 Å². The van der Waals surface area contributed by atoms with Crippen LogP contribution in [0.2, 0.25) is 5.02 Å². The second-order valence-electron chi connectivity index (χ2n) is 7.54. The molecule has 0 radical (unpaired) electrons. The van der Waals surface area contributed by atoms with Crippen LogP contribution in [0.15, 0.2) is 66.2 Å². The summed E-state index contributed by atoms with van der Waals surface area (Å²) < 4.78 is 18.9. The molecule has 1 fully saturated rings. The summed E-state index contributed by atoms with van der Waals surface area (Å²) in [7, 11) is 1.39. The van der Waals surface area contributed by atoms with Crippen molar-refractivity contribution in [3.63, 3.8) is 0 Å². The molecule has 1 saturated heterocycles. The van der Waals surface area contributed by atoms with E-state index < -0.39 is 29.3 Å². The molecule has 1 heterocycles. The molecular weight excluding hydrogens is 449 g/mol. The van der Waals surface area contributed by atoms with Crippen LogP contribution in [0.5, 0.6) is 11.5 Å². The van der Waals surface area contributed by atoms with Gasteiger partial charge in [-0.1, -0.05) is 17.7 Å². The summed E-state index contributed by atoms with van der Waals surface area (Å²) in [5.41, 5.74) is 1.000. The zero-order valence-corrected chi connectivity index (χ0v) is 18.4. The molecule has 33 heavy (non-hydrogen) atoms. The zero-order valence-electron chi connectivity index (χ0n) is 17.7. The number of hydrogen-bond acceptors (Lipinski definition) is 5. The van der Waals surface area contributed by atoms with Gasteiger partial charge in [-0.15, -0.1) is 0 Å². The summed E-state index contributed by atoms with van der Waals surface area (Å²) in [4.78, 5) is 27.4. The fourth-order valence-electron chi connectivity index (χ4n) is 3.84. The van der Waals surface area contributed by atoms with Gasteiger partial charge >= 0.3 is 0 Å². The number of amides is 1. The average molecular weight is 468 g/mol. The smallest absolute Gasteiger partial charge is 0.300 e. The van der Waals surface area contributed by atoms with Gasteiger partial charge in [0, 0.05) is 16.3 Å². The van der Waals surface area contributed by atoms with E-state index in [1.807, 2.05) is 0 Å². The van der Waals surface area contributed by atoms with E-state index in [1.165, 1.54) is 49.3 Å². The van der Waals surface area contributed by atoms with E-state index in [0.717, 1.165) is 0 Å². The number of ether oxygens (including phenoxy) is 1. The number of halogens is 2. The van der Waals surface area contributed by atoms with E-state index in [2.05, 4.69) is 0 Å². The largest absolute Gasteiger partial charge is 0.507 e. The summed E-state index contributed by atoms with van der Waals surface area (Å²) in [6.07, 6.45) is 0. The van der Waals surface area contributed by atoms with Crippen molar-refractivity contribution in [1.29, 1.82) is 0 Å². The Bertz CT molecular complexity index is 1300. The molecule has 0 aliphatic carbocycles.